The largest absolute Gasteiger partial charge is 0.279 e. The zero-order chi connectivity index (χ0) is 13.8. The molecule has 1 unspecified atom stereocenters. The van der Waals surface area contributed by atoms with Gasteiger partial charge in [-0.3, -0.25) is 0 Å². The van der Waals surface area contributed by atoms with E-state index in [4.69, 9.17) is 0 Å². The van der Waals surface area contributed by atoms with Gasteiger partial charge in [-0.15, -0.1) is 0 Å². The van der Waals surface area contributed by atoms with E-state index in [1.54, 1.807) is 4.31 Å². The van der Waals surface area contributed by atoms with Crippen molar-refractivity contribution in [3.63, 3.8) is 0 Å². The molecular weight excluding hydrogens is 316 g/mol. The fraction of sp³-hybridized carbons (Fsp3) is 1.00. The third-order valence-corrected chi connectivity index (χ3v) is 5.62. The lowest BCUT2D eigenvalue weighted by Gasteiger charge is -2.33. The number of halogens is 1. The minimum atomic E-state index is -3.32. The molecule has 1 aliphatic rings. The first kappa shape index (κ1) is 16.4. The minimum Gasteiger partial charge on any atom is -0.202 e. The van der Waals surface area contributed by atoms with E-state index >= 15 is 0 Å². The van der Waals surface area contributed by atoms with Gasteiger partial charge in [0, 0.05) is 24.5 Å². The van der Waals surface area contributed by atoms with Crippen molar-refractivity contribution >= 4 is 26.1 Å². The van der Waals surface area contributed by atoms with Crippen LogP contribution in [0.25, 0.3) is 0 Å². The average Bonchev–Trinajstić information content (AvgIpc) is 2.27. The summed E-state index contributed by atoms with van der Waals surface area (Å²) in [6.07, 6.45) is 4.01. The van der Waals surface area contributed by atoms with Crippen LogP contribution in [0.4, 0.5) is 0 Å². The molecule has 4 nitrogen and oxygen atoms in total. The van der Waals surface area contributed by atoms with Crippen molar-refractivity contribution in [3.05, 3.63) is 0 Å². The lowest BCUT2D eigenvalue weighted by atomic mass is 9.91. The van der Waals surface area contributed by atoms with Gasteiger partial charge in [0.05, 0.1) is 0 Å². The Kier molecular flexibility index (Phi) is 6.09. The molecule has 0 amide bonds. The first-order valence-corrected chi connectivity index (χ1v) is 9.17. The summed E-state index contributed by atoms with van der Waals surface area (Å²) in [4.78, 5) is 0. The van der Waals surface area contributed by atoms with Gasteiger partial charge in [0.15, 0.2) is 0 Å². The van der Waals surface area contributed by atoms with Gasteiger partial charge in [-0.2, -0.15) is 12.7 Å². The normalized spacial score (nSPS) is 23.2. The highest BCUT2D eigenvalue weighted by Crippen LogP contribution is 2.22. The van der Waals surface area contributed by atoms with Crippen molar-refractivity contribution in [2.24, 2.45) is 5.41 Å². The predicted octanol–water partition coefficient (Wildman–Crippen LogP) is 2.51. The zero-order valence-corrected chi connectivity index (χ0v) is 14.0. The van der Waals surface area contributed by atoms with Gasteiger partial charge in [0.25, 0.3) is 10.2 Å². The summed E-state index contributed by atoms with van der Waals surface area (Å²) in [5, 5.41) is 0.891. The maximum atomic E-state index is 12.3. The van der Waals surface area contributed by atoms with E-state index in [0.717, 1.165) is 31.0 Å². The molecule has 108 valence electrons. The fourth-order valence-corrected chi connectivity index (χ4v) is 4.90. The third-order valence-electron chi connectivity index (χ3n) is 3.56. The van der Waals surface area contributed by atoms with Crippen LogP contribution in [-0.2, 0) is 10.2 Å². The Bertz CT molecular complexity index is 357. The number of rotatable bonds is 6. The second-order valence-electron chi connectivity index (χ2n) is 5.88. The number of alkyl halides is 1. The van der Waals surface area contributed by atoms with Gasteiger partial charge in [-0.25, -0.2) is 4.72 Å². The van der Waals surface area contributed by atoms with Crippen LogP contribution in [0.5, 0.6) is 0 Å². The summed E-state index contributed by atoms with van der Waals surface area (Å²) < 4.78 is 28.9. The molecule has 6 heteroatoms. The van der Waals surface area contributed by atoms with Crippen molar-refractivity contribution in [3.8, 4) is 0 Å². The summed E-state index contributed by atoms with van der Waals surface area (Å²) in [5.74, 6) is 0. The molecule has 0 radical (unpaired) electrons. The molecular formula is C12H25BrN2O2S. The Labute approximate surface area is 120 Å². The molecule has 0 aromatic heterocycles. The van der Waals surface area contributed by atoms with E-state index in [9.17, 15) is 8.42 Å². The van der Waals surface area contributed by atoms with Crippen molar-refractivity contribution in [2.75, 3.05) is 18.4 Å². The van der Waals surface area contributed by atoms with Crippen LogP contribution in [0.15, 0.2) is 0 Å². The molecule has 0 bridgehead atoms. The average molecular weight is 341 g/mol. The van der Waals surface area contributed by atoms with Gasteiger partial charge in [-0.05, 0) is 31.6 Å². The van der Waals surface area contributed by atoms with Gasteiger partial charge in [-0.1, -0.05) is 36.2 Å². The number of hydrogen-bond acceptors (Lipinski definition) is 2. The Hall–Kier alpha value is 0.350. The van der Waals surface area contributed by atoms with E-state index in [1.165, 1.54) is 0 Å². The Morgan fingerprint density at radius 1 is 1.39 bits per heavy atom. The van der Waals surface area contributed by atoms with Crippen LogP contribution in [0, 0.1) is 5.41 Å². The van der Waals surface area contributed by atoms with E-state index < -0.39 is 10.2 Å². The molecule has 1 saturated heterocycles. The second kappa shape index (κ2) is 6.68. The molecule has 1 heterocycles. The van der Waals surface area contributed by atoms with Crippen molar-refractivity contribution < 1.29 is 8.42 Å². The van der Waals surface area contributed by atoms with Crippen LogP contribution in [-0.4, -0.2) is 37.2 Å². The Morgan fingerprint density at radius 3 is 2.61 bits per heavy atom. The highest BCUT2D eigenvalue weighted by molar-refractivity contribution is 9.09. The van der Waals surface area contributed by atoms with Crippen LogP contribution in [0.2, 0.25) is 0 Å². The SMILES string of the molecule is CC1CCCCN1S(=O)(=O)NCC(C)(C)CCBr. The van der Waals surface area contributed by atoms with Gasteiger partial charge in [0.2, 0.25) is 0 Å². The molecule has 0 aromatic carbocycles. The molecule has 1 N–H and O–H groups in total. The molecule has 0 aromatic rings. The number of hydrogen-bond donors (Lipinski definition) is 1. The molecule has 18 heavy (non-hydrogen) atoms. The minimum absolute atomic E-state index is 0.0183. The smallest absolute Gasteiger partial charge is 0.202 e. The maximum Gasteiger partial charge on any atom is 0.279 e. The highest BCUT2D eigenvalue weighted by Gasteiger charge is 2.30. The van der Waals surface area contributed by atoms with Gasteiger partial charge >= 0.3 is 0 Å². The first-order valence-electron chi connectivity index (χ1n) is 6.61. The molecule has 1 atom stereocenters. The first-order chi connectivity index (χ1) is 8.28. The van der Waals surface area contributed by atoms with Gasteiger partial charge < -0.3 is 0 Å². The maximum absolute atomic E-state index is 12.3. The van der Waals surface area contributed by atoms with Crippen molar-refractivity contribution in [2.45, 2.75) is 52.5 Å². The predicted molar refractivity (Wildman–Crippen MR) is 79.1 cm³/mol. The molecule has 1 rings (SSSR count). The summed E-state index contributed by atoms with van der Waals surface area (Å²) in [7, 11) is -3.32. The van der Waals surface area contributed by atoms with Crippen LogP contribution in [0.1, 0.15) is 46.5 Å². The van der Waals surface area contributed by atoms with E-state index in [2.05, 4.69) is 34.5 Å². The van der Waals surface area contributed by atoms with Crippen molar-refractivity contribution in [1.82, 2.24) is 9.03 Å². The van der Waals surface area contributed by atoms with E-state index in [0.29, 0.717) is 13.1 Å². The summed E-state index contributed by atoms with van der Waals surface area (Å²) in [6.45, 7) is 7.29. The van der Waals surface area contributed by atoms with Crippen LogP contribution >= 0.6 is 15.9 Å². The number of piperidine rings is 1. The summed E-state index contributed by atoms with van der Waals surface area (Å²) in [5.41, 5.74) is -0.0183. The monoisotopic (exact) mass is 340 g/mol. The molecule has 1 fully saturated rings. The standard InChI is InChI=1S/C12H25BrN2O2S/c1-11-6-4-5-9-15(11)18(16,17)14-10-12(2,3)7-8-13/h11,14H,4-10H2,1-3H3. The number of nitrogens with one attached hydrogen (secondary N) is 1. The molecule has 1 aliphatic heterocycles. The van der Waals surface area contributed by atoms with Crippen molar-refractivity contribution in [1.29, 1.82) is 0 Å². The Morgan fingerprint density at radius 2 is 2.06 bits per heavy atom. The zero-order valence-electron chi connectivity index (χ0n) is 11.6. The molecule has 0 aliphatic carbocycles. The summed E-state index contributed by atoms with van der Waals surface area (Å²) >= 11 is 3.40. The highest BCUT2D eigenvalue weighted by atomic mass is 79.9. The topological polar surface area (TPSA) is 49.4 Å². The lowest BCUT2D eigenvalue weighted by Crippen LogP contribution is -2.49. The summed E-state index contributed by atoms with van der Waals surface area (Å²) in [6, 6.07) is 0.121. The molecule has 0 spiro atoms. The van der Waals surface area contributed by atoms with E-state index in [1.807, 2.05) is 6.92 Å². The lowest BCUT2D eigenvalue weighted by molar-refractivity contribution is 0.261. The second-order valence-corrected chi connectivity index (χ2v) is 8.39. The van der Waals surface area contributed by atoms with Crippen LogP contribution < -0.4 is 4.72 Å². The van der Waals surface area contributed by atoms with E-state index in [-0.39, 0.29) is 11.5 Å². The Balaban J connectivity index is 2.59. The third kappa shape index (κ3) is 4.79. The van der Waals surface area contributed by atoms with Gasteiger partial charge in [0.1, 0.15) is 0 Å². The molecule has 0 saturated carbocycles. The fourth-order valence-electron chi connectivity index (χ4n) is 2.14. The number of nitrogens with zero attached hydrogens (tertiary/aromatic N) is 1. The van der Waals surface area contributed by atoms with Crippen LogP contribution in [0.3, 0.4) is 0 Å². The quantitative estimate of drug-likeness (QED) is 0.755.